The third-order valence-electron chi connectivity index (χ3n) is 9.99. The second kappa shape index (κ2) is 9.71. The normalized spacial score (nSPS) is 33.0. The standard InChI is InChI=1S/C30H40N4O7/c1-29(2)8-7-9-34(29)13-15-12-18(35)20-16(22(15)32(3)4)10-14-11-17-23(33(5)6)25(37)21(28(31)40)27(39)30(17,41)26(38)19(14)24(20)36/h12,14,17,19,21,23,35,41H,7-11,13H2,1-6H3,(H2,31,40)/t14-,17-,19?,21?,23-,30-/m0/s1. The number of ketones is 4. The molecule has 2 saturated carbocycles. The van der Waals surface area contributed by atoms with Crippen LogP contribution < -0.4 is 10.6 Å². The minimum atomic E-state index is -2.72. The number of phenols is 1. The van der Waals surface area contributed by atoms with E-state index < -0.39 is 64.4 Å². The molecule has 4 aliphatic rings. The Hall–Kier alpha value is -3.15. The number of aromatic hydroxyl groups is 1. The quantitative estimate of drug-likeness (QED) is 0.422. The molecule has 41 heavy (non-hydrogen) atoms. The Morgan fingerprint density at radius 3 is 2.32 bits per heavy atom. The van der Waals surface area contributed by atoms with Crippen LogP contribution in [0.5, 0.6) is 5.75 Å². The molecule has 1 aromatic carbocycles. The third-order valence-corrected chi connectivity index (χ3v) is 9.99. The zero-order chi connectivity index (χ0) is 30.3. The molecule has 0 radical (unpaired) electrons. The zero-order valence-corrected chi connectivity index (χ0v) is 24.6. The number of benzene rings is 1. The Labute approximate surface area is 239 Å². The van der Waals surface area contributed by atoms with Gasteiger partial charge in [0.1, 0.15) is 5.75 Å². The molecular formula is C30H40N4O7. The minimum absolute atomic E-state index is 0.0136. The van der Waals surface area contributed by atoms with Crippen molar-refractivity contribution in [1.82, 2.24) is 9.80 Å². The lowest BCUT2D eigenvalue weighted by molar-refractivity contribution is -0.181. The maximum absolute atomic E-state index is 14.0. The number of Topliss-reactive ketones (excluding diaryl/α,β-unsaturated/α-hetero) is 4. The van der Waals surface area contributed by atoms with Gasteiger partial charge in [-0.25, -0.2) is 0 Å². The Morgan fingerprint density at radius 2 is 1.78 bits per heavy atom. The molecule has 11 heteroatoms. The van der Waals surface area contributed by atoms with Gasteiger partial charge >= 0.3 is 0 Å². The summed E-state index contributed by atoms with van der Waals surface area (Å²) < 4.78 is 0. The average molecular weight is 569 g/mol. The van der Waals surface area contributed by atoms with Crippen molar-refractivity contribution in [2.75, 3.05) is 39.6 Å². The van der Waals surface area contributed by atoms with E-state index in [2.05, 4.69) is 18.7 Å². The highest BCUT2D eigenvalue weighted by Crippen LogP contribution is 2.52. The van der Waals surface area contributed by atoms with Gasteiger partial charge < -0.3 is 20.8 Å². The molecule has 0 bridgehead atoms. The summed E-state index contributed by atoms with van der Waals surface area (Å²) >= 11 is 0. The van der Waals surface area contributed by atoms with Crippen molar-refractivity contribution in [3.8, 4) is 5.75 Å². The summed E-state index contributed by atoms with van der Waals surface area (Å²) in [4.78, 5) is 72.7. The van der Waals surface area contributed by atoms with E-state index in [4.69, 9.17) is 5.73 Å². The van der Waals surface area contributed by atoms with E-state index in [1.165, 1.54) is 4.90 Å². The van der Waals surface area contributed by atoms with Crippen LogP contribution in [0.4, 0.5) is 5.69 Å². The number of likely N-dealkylation sites (tertiary alicyclic amines) is 1. The van der Waals surface area contributed by atoms with Crippen molar-refractivity contribution >= 4 is 34.7 Å². The fraction of sp³-hybridized carbons (Fsp3) is 0.633. The number of nitrogens with zero attached hydrogens (tertiary/aromatic N) is 3. The number of fused-ring (bicyclic) bond motifs is 3. The molecular weight excluding hydrogens is 528 g/mol. The number of likely N-dealkylation sites (N-methyl/N-ethyl adjacent to an activating group) is 1. The van der Waals surface area contributed by atoms with Crippen molar-refractivity contribution in [3.05, 3.63) is 22.8 Å². The van der Waals surface area contributed by atoms with Crippen LogP contribution in [0.15, 0.2) is 6.07 Å². The van der Waals surface area contributed by atoms with Gasteiger partial charge in [-0.2, -0.15) is 0 Å². The maximum atomic E-state index is 14.0. The Kier molecular flexibility index (Phi) is 6.95. The summed E-state index contributed by atoms with van der Waals surface area (Å²) in [5.41, 5.74) is 4.95. The average Bonchev–Trinajstić information content (AvgIpc) is 3.18. The van der Waals surface area contributed by atoms with Crippen LogP contribution in [-0.4, -0.2) is 101 Å². The molecule has 0 spiro atoms. The molecule has 11 nitrogen and oxygen atoms in total. The fourth-order valence-electron chi connectivity index (χ4n) is 8.07. The number of rotatable bonds is 5. The van der Waals surface area contributed by atoms with Crippen molar-refractivity contribution < 1.29 is 34.2 Å². The van der Waals surface area contributed by atoms with Crippen molar-refractivity contribution in [1.29, 1.82) is 0 Å². The van der Waals surface area contributed by atoms with E-state index in [1.54, 1.807) is 20.2 Å². The summed E-state index contributed by atoms with van der Waals surface area (Å²) in [5.74, 6) is -10.3. The van der Waals surface area contributed by atoms with E-state index in [0.717, 1.165) is 30.6 Å². The number of carbonyl (C=O) groups excluding carboxylic acids is 5. The smallest absolute Gasteiger partial charge is 0.235 e. The number of hydrogen-bond donors (Lipinski definition) is 3. The van der Waals surface area contributed by atoms with Gasteiger partial charge in [-0.3, -0.25) is 33.8 Å². The van der Waals surface area contributed by atoms with Gasteiger partial charge in [-0.15, -0.1) is 0 Å². The molecule has 3 fully saturated rings. The highest BCUT2D eigenvalue weighted by atomic mass is 16.3. The molecule has 1 aromatic rings. The summed E-state index contributed by atoms with van der Waals surface area (Å²) in [6.07, 6.45) is 2.39. The first-order valence-electron chi connectivity index (χ1n) is 14.2. The second-order valence-corrected chi connectivity index (χ2v) is 13.3. The van der Waals surface area contributed by atoms with Gasteiger partial charge in [0, 0.05) is 37.8 Å². The predicted molar refractivity (Wildman–Crippen MR) is 149 cm³/mol. The van der Waals surface area contributed by atoms with Gasteiger partial charge in [0.25, 0.3) is 0 Å². The molecule has 1 amide bonds. The SMILES string of the molecule is CN(C)c1c(CN2CCCC2(C)C)cc(O)c2c1C[C@H]1C[C@H]3[C@H](N(C)C)C(=O)C(C(N)=O)C(=O)[C@@]3(O)C(=O)C1C2=O. The van der Waals surface area contributed by atoms with E-state index >= 15 is 0 Å². The summed E-state index contributed by atoms with van der Waals surface area (Å²) in [6, 6.07) is 0.461. The van der Waals surface area contributed by atoms with Crippen LogP contribution in [0.25, 0.3) is 0 Å². The predicted octanol–water partition coefficient (Wildman–Crippen LogP) is 0.307. The van der Waals surface area contributed by atoms with Crippen molar-refractivity contribution in [2.24, 2.45) is 29.4 Å². The molecule has 3 aliphatic carbocycles. The first kappa shape index (κ1) is 29.3. The van der Waals surface area contributed by atoms with E-state index in [1.807, 2.05) is 19.0 Å². The Bertz CT molecular complexity index is 1370. The summed E-state index contributed by atoms with van der Waals surface area (Å²) in [5, 5.41) is 22.9. The molecule has 0 aromatic heterocycles. The van der Waals surface area contributed by atoms with Crippen molar-refractivity contribution in [2.45, 2.75) is 63.3 Å². The number of carbonyl (C=O) groups is 5. The highest BCUT2D eigenvalue weighted by Gasteiger charge is 2.69. The third kappa shape index (κ3) is 4.15. The Balaban J connectivity index is 1.62. The van der Waals surface area contributed by atoms with Crippen LogP contribution in [-0.2, 0) is 32.1 Å². The number of primary amides is 1. The molecule has 1 aliphatic heterocycles. The molecule has 5 rings (SSSR count). The van der Waals surface area contributed by atoms with Gasteiger partial charge in [-0.1, -0.05) is 0 Å². The van der Waals surface area contributed by atoms with Crippen LogP contribution in [0.3, 0.4) is 0 Å². The first-order chi connectivity index (χ1) is 19.0. The van der Waals surface area contributed by atoms with E-state index in [-0.39, 0.29) is 29.7 Å². The van der Waals surface area contributed by atoms with Gasteiger partial charge in [0.15, 0.2) is 34.7 Å². The summed E-state index contributed by atoms with van der Waals surface area (Å²) in [7, 11) is 6.89. The topological polar surface area (TPSA) is 162 Å². The fourth-order valence-corrected chi connectivity index (χ4v) is 8.07. The monoisotopic (exact) mass is 568 g/mol. The molecule has 1 heterocycles. The molecule has 1 saturated heterocycles. The number of anilines is 1. The zero-order valence-electron chi connectivity index (χ0n) is 24.6. The lowest BCUT2D eigenvalue weighted by atomic mass is 9.52. The van der Waals surface area contributed by atoms with E-state index in [9.17, 15) is 34.2 Å². The lowest BCUT2D eigenvalue weighted by Crippen LogP contribution is -2.74. The summed E-state index contributed by atoms with van der Waals surface area (Å²) in [6.45, 7) is 5.86. The van der Waals surface area contributed by atoms with E-state index in [0.29, 0.717) is 12.1 Å². The van der Waals surface area contributed by atoms with Crippen LogP contribution in [0, 0.1) is 23.7 Å². The first-order valence-corrected chi connectivity index (χ1v) is 14.2. The van der Waals surface area contributed by atoms with Gasteiger partial charge in [-0.05, 0) is 83.3 Å². The van der Waals surface area contributed by atoms with Gasteiger partial charge in [0.2, 0.25) is 5.91 Å². The highest BCUT2D eigenvalue weighted by molar-refractivity contribution is 6.32. The number of phenolic OH excluding ortho intramolecular Hbond substituents is 1. The lowest BCUT2D eigenvalue weighted by Gasteiger charge is -2.52. The molecule has 2 unspecified atom stereocenters. The van der Waals surface area contributed by atoms with Crippen molar-refractivity contribution in [3.63, 3.8) is 0 Å². The second-order valence-electron chi connectivity index (χ2n) is 13.3. The Morgan fingerprint density at radius 1 is 1.12 bits per heavy atom. The van der Waals surface area contributed by atoms with Crippen LogP contribution in [0.1, 0.15) is 54.6 Å². The largest absolute Gasteiger partial charge is 0.507 e. The van der Waals surface area contributed by atoms with Crippen LogP contribution in [0.2, 0.25) is 0 Å². The minimum Gasteiger partial charge on any atom is -0.507 e. The molecule has 4 N–H and O–H groups in total. The maximum Gasteiger partial charge on any atom is 0.235 e. The number of hydrogen-bond acceptors (Lipinski definition) is 10. The number of aliphatic hydroxyl groups is 1. The number of nitrogens with two attached hydrogens (primary N) is 1. The van der Waals surface area contributed by atoms with Crippen LogP contribution >= 0.6 is 0 Å². The number of amides is 1. The molecule has 222 valence electrons. The van der Waals surface area contributed by atoms with Gasteiger partial charge in [0.05, 0.1) is 17.5 Å². The molecule has 6 atom stereocenters.